The van der Waals surface area contributed by atoms with Crippen molar-refractivity contribution in [1.29, 1.82) is 0 Å². The lowest BCUT2D eigenvalue weighted by Crippen LogP contribution is -2.17. The Hall–Kier alpha value is -1.03. The topological polar surface area (TPSA) is 33.1 Å². The molecule has 1 heterocycles. The number of nitrogens with one attached hydrogen (secondary N) is 1. The smallest absolute Gasteiger partial charge is 0.203 e. The number of nitrogens with zero attached hydrogens (tertiary/aromatic N) is 3. The van der Waals surface area contributed by atoms with E-state index >= 15 is 0 Å². The third-order valence-corrected chi connectivity index (χ3v) is 4.14. The molecule has 1 N–H and O–H groups in total. The molecule has 0 amide bonds. The molecule has 0 radical (unpaired) electrons. The number of anilines is 1. The van der Waals surface area contributed by atoms with E-state index in [9.17, 15) is 0 Å². The highest BCUT2D eigenvalue weighted by Gasteiger charge is 2.18. The maximum atomic E-state index is 4.66. The fourth-order valence-corrected chi connectivity index (χ4v) is 3.04. The number of aryl methyl sites for hydroxylation is 1. The molecule has 4 heteroatoms. The van der Waals surface area contributed by atoms with Crippen LogP contribution < -0.4 is 5.32 Å². The average Bonchev–Trinajstić information content (AvgIpc) is 2.80. The molecule has 0 saturated heterocycles. The van der Waals surface area contributed by atoms with Crippen molar-refractivity contribution in [3.05, 3.63) is 11.9 Å². The molecule has 1 fully saturated rings. The molecule has 1 saturated carbocycles. The van der Waals surface area contributed by atoms with Crippen molar-refractivity contribution >= 4 is 5.95 Å². The van der Waals surface area contributed by atoms with Crippen LogP contribution in [-0.2, 0) is 0 Å². The van der Waals surface area contributed by atoms with Gasteiger partial charge in [0.2, 0.25) is 5.95 Å². The number of hydrogen-bond donors (Lipinski definition) is 1. The molecule has 0 spiro atoms. The van der Waals surface area contributed by atoms with Gasteiger partial charge in [-0.3, -0.25) is 0 Å². The Morgan fingerprint density at radius 3 is 2.70 bits per heavy atom. The minimum atomic E-state index is 0.661. The van der Waals surface area contributed by atoms with E-state index in [0.717, 1.165) is 24.7 Å². The van der Waals surface area contributed by atoms with E-state index in [2.05, 4.69) is 47.0 Å². The van der Waals surface area contributed by atoms with Crippen molar-refractivity contribution in [2.45, 2.75) is 57.9 Å². The van der Waals surface area contributed by atoms with E-state index in [1.54, 1.807) is 0 Å². The van der Waals surface area contributed by atoms with Gasteiger partial charge < -0.3 is 14.8 Å². The van der Waals surface area contributed by atoms with Gasteiger partial charge in [0.1, 0.15) is 0 Å². The van der Waals surface area contributed by atoms with E-state index in [4.69, 9.17) is 0 Å². The molecule has 4 nitrogen and oxygen atoms in total. The monoisotopic (exact) mass is 278 g/mol. The summed E-state index contributed by atoms with van der Waals surface area (Å²) < 4.78 is 2.39. The van der Waals surface area contributed by atoms with Gasteiger partial charge in [-0.05, 0) is 53.2 Å². The molecule has 1 aromatic heterocycles. The van der Waals surface area contributed by atoms with Gasteiger partial charge in [-0.1, -0.05) is 19.3 Å². The molecule has 1 aliphatic rings. The Balaban J connectivity index is 1.84. The number of rotatable bonds is 7. The van der Waals surface area contributed by atoms with E-state index in [-0.39, 0.29) is 0 Å². The summed E-state index contributed by atoms with van der Waals surface area (Å²) in [7, 11) is 4.26. The molecular weight excluding hydrogens is 248 g/mol. The van der Waals surface area contributed by atoms with Crippen LogP contribution >= 0.6 is 0 Å². The Labute approximate surface area is 123 Å². The summed E-state index contributed by atoms with van der Waals surface area (Å²) in [6.07, 6.45) is 11.4. The van der Waals surface area contributed by atoms with Crippen molar-refractivity contribution < 1.29 is 0 Å². The molecule has 2 rings (SSSR count). The van der Waals surface area contributed by atoms with Gasteiger partial charge in [0.15, 0.2) is 0 Å². The maximum Gasteiger partial charge on any atom is 0.203 e. The second-order valence-corrected chi connectivity index (χ2v) is 6.34. The summed E-state index contributed by atoms with van der Waals surface area (Å²) in [4.78, 5) is 6.90. The maximum absolute atomic E-state index is 4.66. The molecule has 0 unspecified atom stereocenters. The van der Waals surface area contributed by atoms with Gasteiger partial charge in [-0.2, -0.15) is 0 Å². The molecule has 1 aromatic rings. The van der Waals surface area contributed by atoms with Crippen molar-refractivity contribution in [1.82, 2.24) is 14.5 Å². The van der Waals surface area contributed by atoms with Crippen molar-refractivity contribution in [2.24, 2.45) is 0 Å². The lowest BCUT2D eigenvalue weighted by Gasteiger charge is -2.24. The van der Waals surface area contributed by atoms with Gasteiger partial charge in [0.05, 0.1) is 5.69 Å². The Bertz CT molecular complexity index is 391. The fraction of sp³-hybridized carbons (Fsp3) is 0.812. The zero-order chi connectivity index (χ0) is 14.4. The first-order valence-electron chi connectivity index (χ1n) is 8.11. The highest BCUT2D eigenvalue weighted by molar-refractivity contribution is 5.29. The summed E-state index contributed by atoms with van der Waals surface area (Å²) in [6, 6.07) is 0.661. The normalized spacial score (nSPS) is 16.8. The number of unbranched alkanes of at least 4 members (excludes halogenated alkanes) is 1. The minimum Gasteiger partial charge on any atom is -0.356 e. The zero-order valence-electron chi connectivity index (χ0n) is 13.4. The van der Waals surface area contributed by atoms with Crippen LogP contribution in [0.3, 0.4) is 0 Å². The standard InChI is InChI=1S/C16H30N4/c1-14-13-20(15-9-5-4-6-10-15)16(18-14)17-11-7-8-12-19(2)3/h13,15H,4-12H2,1-3H3,(H,17,18). The van der Waals surface area contributed by atoms with Gasteiger partial charge >= 0.3 is 0 Å². The lowest BCUT2D eigenvalue weighted by atomic mass is 9.95. The quantitative estimate of drug-likeness (QED) is 0.776. The zero-order valence-corrected chi connectivity index (χ0v) is 13.4. The molecular formula is C16H30N4. The second kappa shape index (κ2) is 7.67. The highest BCUT2D eigenvalue weighted by atomic mass is 15.2. The third kappa shape index (κ3) is 4.51. The predicted octanol–water partition coefficient (Wildman–Crippen LogP) is 3.45. The van der Waals surface area contributed by atoms with E-state index < -0.39 is 0 Å². The lowest BCUT2D eigenvalue weighted by molar-refractivity contribution is 0.355. The van der Waals surface area contributed by atoms with Gasteiger partial charge in [0, 0.05) is 18.8 Å². The minimum absolute atomic E-state index is 0.661. The Kier molecular flexibility index (Phi) is 5.89. The van der Waals surface area contributed by atoms with Crippen LogP contribution in [0.2, 0.25) is 0 Å². The van der Waals surface area contributed by atoms with Crippen LogP contribution in [0.1, 0.15) is 56.7 Å². The summed E-state index contributed by atoms with van der Waals surface area (Å²) in [5, 5.41) is 3.54. The summed E-state index contributed by atoms with van der Waals surface area (Å²) >= 11 is 0. The van der Waals surface area contributed by atoms with Gasteiger partial charge in [0.25, 0.3) is 0 Å². The Morgan fingerprint density at radius 1 is 1.25 bits per heavy atom. The van der Waals surface area contributed by atoms with Crippen LogP contribution in [0.25, 0.3) is 0 Å². The van der Waals surface area contributed by atoms with Crippen LogP contribution in [-0.4, -0.2) is 41.6 Å². The first-order chi connectivity index (χ1) is 9.66. The van der Waals surface area contributed by atoms with E-state index in [1.807, 2.05) is 0 Å². The summed E-state index contributed by atoms with van der Waals surface area (Å²) in [5.74, 6) is 1.08. The van der Waals surface area contributed by atoms with Gasteiger partial charge in [-0.15, -0.1) is 0 Å². The van der Waals surface area contributed by atoms with Crippen LogP contribution in [0.15, 0.2) is 6.20 Å². The average molecular weight is 278 g/mol. The SMILES string of the molecule is Cc1cn(C2CCCCC2)c(NCCCCN(C)C)n1. The molecule has 0 bridgehead atoms. The van der Waals surface area contributed by atoms with Crippen molar-refractivity contribution in [3.63, 3.8) is 0 Å². The predicted molar refractivity (Wildman–Crippen MR) is 85.4 cm³/mol. The van der Waals surface area contributed by atoms with Crippen LogP contribution in [0.5, 0.6) is 0 Å². The van der Waals surface area contributed by atoms with Crippen LogP contribution in [0, 0.1) is 6.92 Å². The molecule has 114 valence electrons. The fourth-order valence-electron chi connectivity index (χ4n) is 3.04. The number of aromatic nitrogens is 2. The Morgan fingerprint density at radius 2 is 2.00 bits per heavy atom. The van der Waals surface area contributed by atoms with Gasteiger partial charge in [-0.25, -0.2) is 4.98 Å². The molecule has 0 aliphatic heterocycles. The van der Waals surface area contributed by atoms with E-state index in [0.29, 0.717) is 6.04 Å². The first kappa shape index (κ1) is 15.4. The van der Waals surface area contributed by atoms with Crippen molar-refractivity contribution in [3.8, 4) is 0 Å². The first-order valence-corrected chi connectivity index (χ1v) is 8.11. The third-order valence-electron chi connectivity index (χ3n) is 4.14. The number of imidazole rings is 1. The highest BCUT2D eigenvalue weighted by Crippen LogP contribution is 2.30. The van der Waals surface area contributed by atoms with E-state index in [1.165, 1.54) is 44.9 Å². The second-order valence-electron chi connectivity index (χ2n) is 6.34. The molecule has 0 aromatic carbocycles. The van der Waals surface area contributed by atoms with Crippen LogP contribution in [0.4, 0.5) is 5.95 Å². The molecule has 1 aliphatic carbocycles. The number of hydrogen-bond acceptors (Lipinski definition) is 3. The summed E-state index contributed by atoms with van der Waals surface area (Å²) in [6.45, 7) is 4.28. The largest absolute Gasteiger partial charge is 0.356 e. The molecule has 0 atom stereocenters. The summed E-state index contributed by atoms with van der Waals surface area (Å²) in [5.41, 5.74) is 1.13. The van der Waals surface area contributed by atoms with Crippen molar-refractivity contribution in [2.75, 3.05) is 32.5 Å². The molecule has 20 heavy (non-hydrogen) atoms.